The van der Waals surface area contributed by atoms with Crippen LogP contribution in [0.3, 0.4) is 0 Å². The Morgan fingerprint density at radius 3 is 2.42 bits per heavy atom. The Morgan fingerprint density at radius 1 is 0.939 bits per heavy atom. The smallest absolute Gasteiger partial charge is 0.350 e. The fourth-order valence-corrected chi connectivity index (χ4v) is 3.74. The minimum Gasteiger partial charge on any atom is -0.497 e. The van der Waals surface area contributed by atoms with E-state index in [-0.39, 0.29) is 5.69 Å². The molecule has 0 amide bonds. The van der Waals surface area contributed by atoms with Gasteiger partial charge in [0.15, 0.2) is 5.65 Å². The second-order valence-electron chi connectivity index (χ2n) is 7.87. The SMILES string of the molecule is CCCCOc1ccc(-c2cc3c4nn(Cc5ccc(OC)cc5)c(=O)n4ccn3n2)cc1. The van der Waals surface area contributed by atoms with Gasteiger partial charge < -0.3 is 9.47 Å². The van der Waals surface area contributed by atoms with Gasteiger partial charge in [0.25, 0.3) is 0 Å². The van der Waals surface area contributed by atoms with E-state index < -0.39 is 0 Å². The second-order valence-corrected chi connectivity index (χ2v) is 7.87. The summed E-state index contributed by atoms with van der Waals surface area (Å²) in [4.78, 5) is 12.9. The first kappa shape index (κ1) is 20.8. The monoisotopic (exact) mass is 443 g/mol. The maximum atomic E-state index is 12.9. The van der Waals surface area contributed by atoms with Crippen molar-refractivity contribution in [3.05, 3.63) is 83.0 Å². The highest BCUT2D eigenvalue weighted by Crippen LogP contribution is 2.24. The third-order valence-corrected chi connectivity index (χ3v) is 5.60. The molecule has 33 heavy (non-hydrogen) atoms. The standard InChI is InChI=1S/C25H25N5O3/c1-3-4-15-33-21-11-7-19(8-12-21)22-16-23-24-27-30(17-18-5-9-20(32-2)10-6-18)25(31)28(24)13-14-29(23)26-22/h5-14,16H,3-4,15,17H2,1-2H3. The van der Waals surface area contributed by atoms with Crippen molar-refractivity contribution in [2.24, 2.45) is 0 Å². The summed E-state index contributed by atoms with van der Waals surface area (Å²) in [7, 11) is 1.63. The van der Waals surface area contributed by atoms with E-state index in [0.717, 1.165) is 53.3 Å². The van der Waals surface area contributed by atoms with Crippen LogP contribution in [-0.4, -0.2) is 37.5 Å². The van der Waals surface area contributed by atoms with E-state index in [1.807, 2.05) is 54.6 Å². The number of nitrogens with zero attached hydrogens (tertiary/aromatic N) is 5. The maximum absolute atomic E-state index is 12.9. The first-order chi connectivity index (χ1) is 16.2. The zero-order valence-electron chi connectivity index (χ0n) is 18.6. The molecule has 0 bridgehead atoms. The van der Waals surface area contributed by atoms with Gasteiger partial charge in [0.1, 0.15) is 17.0 Å². The van der Waals surface area contributed by atoms with Crippen molar-refractivity contribution in [3.63, 3.8) is 0 Å². The normalized spacial score (nSPS) is 11.3. The van der Waals surface area contributed by atoms with Crippen LogP contribution < -0.4 is 15.2 Å². The average Bonchev–Trinajstić information content (AvgIpc) is 3.42. The molecule has 0 aliphatic carbocycles. The number of hydrogen-bond acceptors (Lipinski definition) is 5. The Morgan fingerprint density at radius 2 is 1.70 bits per heavy atom. The number of benzene rings is 2. The first-order valence-corrected chi connectivity index (χ1v) is 11.0. The van der Waals surface area contributed by atoms with Crippen molar-refractivity contribution in [2.45, 2.75) is 26.3 Å². The van der Waals surface area contributed by atoms with E-state index in [0.29, 0.717) is 12.2 Å². The molecular formula is C25H25N5O3. The minimum atomic E-state index is -0.195. The van der Waals surface area contributed by atoms with Gasteiger partial charge in [-0.1, -0.05) is 25.5 Å². The van der Waals surface area contributed by atoms with Crippen LogP contribution in [0.25, 0.3) is 22.4 Å². The van der Waals surface area contributed by atoms with Gasteiger partial charge in [-0.05, 0) is 54.4 Å². The zero-order valence-corrected chi connectivity index (χ0v) is 18.6. The molecule has 0 saturated carbocycles. The Bertz CT molecular complexity index is 1450. The summed E-state index contributed by atoms with van der Waals surface area (Å²) < 4.78 is 15.7. The van der Waals surface area contributed by atoms with Crippen molar-refractivity contribution in [1.82, 2.24) is 23.8 Å². The molecule has 0 saturated heterocycles. The van der Waals surface area contributed by atoms with Crippen LogP contribution in [0, 0.1) is 0 Å². The molecule has 8 nitrogen and oxygen atoms in total. The number of hydrogen-bond donors (Lipinski definition) is 0. The van der Waals surface area contributed by atoms with Crippen molar-refractivity contribution in [2.75, 3.05) is 13.7 Å². The molecule has 0 aliphatic rings. The number of rotatable bonds is 8. The lowest BCUT2D eigenvalue weighted by Crippen LogP contribution is -2.21. The van der Waals surface area contributed by atoms with E-state index in [1.54, 1.807) is 28.4 Å². The summed E-state index contributed by atoms with van der Waals surface area (Å²) in [6.45, 7) is 3.23. The molecule has 3 heterocycles. The molecule has 5 aromatic rings. The Kier molecular flexibility index (Phi) is 5.56. The summed E-state index contributed by atoms with van der Waals surface area (Å²) in [6.07, 6.45) is 5.61. The zero-order chi connectivity index (χ0) is 22.8. The highest BCUT2D eigenvalue weighted by molar-refractivity contribution is 5.76. The molecule has 168 valence electrons. The van der Waals surface area contributed by atoms with E-state index >= 15 is 0 Å². The fourth-order valence-electron chi connectivity index (χ4n) is 3.74. The molecule has 0 atom stereocenters. The van der Waals surface area contributed by atoms with Gasteiger partial charge in [-0.15, -0.1) is 5.10 Å². The number of fused-ring (bicyclic) bond motifs is 3. The molecule has 0 aliphatic heterocycles. The van der Waals surface area contributed by atoms with E-state index in [2.05, 4.69) is 17.1 Å². The largest absolute Gasteiger partial charge is 0.497 e. The first-order valence-electron chi connectivity index (χ1n) is 11.0. The number of ether oxygens (including phenoxy) is 2. The van der Waals surface area contributed by atoms with Crippen molar-refractivity contribution in [1.29, 1.82) is 0 Å². The lowest BCUT2D eigenvalue weighted by molar-refractivity contribution is 0.309. The Hall–Kier alpha value is -4.07. The predicted octanol–water partition coefficient (Wildman–Crippen LogP) is 4.05. The molecule has 2 aromatic carbocycles. The van der Waals surface area contributed by atoms with Gasteiger partial charge in [-0.2, -0.15) is 5.10 Å². The summed E-state index contributed by atoms with van der Waals surface area (Å²) >= 11 is 0. The van der Waals surface area contributed by atoms with Crippen LogP contribution in [0.5, 0.6) is 11.5 Å². The third kappa shape index (κ3) is 4.07. The van der Waals surface area contributed by atoms with Crippen LogP contribution in [0.1, 0.15) is 25.3 Å². The quantitative estimate of drug-likeness (QED) is 0.338. The summed E-state index contributed by atoms with van der Waals surface area (Å²) in [6, 6.07) is 17.5. The highest BCUT2D eigenvalue weighted by Gasteiger charge is 2.14. The highest BCUT2D eigenvalue weighted by atomic mass is 16.5. The molecule has 0 unspecified atom stereocenters. The van der Waals surface area contributed by atoms with Crippen LogP contribution in [0.2, 0.25) is 0 Å². The van der Waals surface area contributed by atoms with E-state index in [1.165, 1.54) is 4.68 Å². The third-order valence-electron chi connectivity index (χ3n) is 5.60. The van der Waals surface area contributed by atoms with Crippen LogP contribution in [0.15, 0.2) is 71.8 Å². The topological polar surface area (TPSA) is 75.1 Å². The van der Waals surface area contributed by atoms with Gasteiger partial charge in [0, 0.05) is 18.0 Å². The Balaban J connectivity index is 1.46. The van der Waals surface area contributed by atoms with Gasteiger partial charge in [-0.25, -0.2) is 18.4 Å². The fraction of sp³-hybridized carbons (Fsp3) is 0.240. The molecule has 3 aromatic heterocycles. The molecular weight excluding hydrogens is 418 g/mol. The van der Waals surface area contributed by atoms with Gasteiger partial charge in [0.2, 0.25) is 0 Å². The molecule has 0 N–H and O–H groups in total. The minimum absolute atomic E-state index is 0.195. The maximum Gasteiger partial charge on any atom is 0.350 e. The molecule has 0 radical (unpaired) electrons. The van der Waals surface area contributed by atoms with Crippen molar-refractivity contribution in [3.8, 4) is 22.8 Å². The summed E-state index contributed by atoms with van der Waals surface area (Å²) in [5.41, 5.74) is 3.88. The molecule has 0 spiro atoms. The second kappa shape index (κ2) is 8.82. The van der Waals surface area contributed by atoms with E-state index in [9.17, 15) is 4.79 Å². The van der Waals surface area contributed by atoms with Gasteiger partial charge >= 0.3 is 5.69 Å². The van der Waals surface area contributed by atoms with Crippen LogP contribution in [0.4, 0.5) is 0 Å². The van der Waals surface area contributed by atoms with Crippen molar-refractivity contribution < 1.29 is 9.47 Å². The lowest BCUT2D eigenvalue weighted by Gasteiger charge is -2.05. The van der Waals surface area contributed by atoms with Crippen LogP contribution >= 0.6 is 0 Å². The van der Waals surface area contributed by atoms with Gasteiger partial charge in [-0.3, -0.25) is 0 Å². The summed E-state index contributed by atoms with van der Waals surface area (Å²) in [5.74, 6) is 1.62. The number of unbranched alkanes of at least 4 members (excludes halogenated alkanes) is 1. The van der Waals surface area contributed by atoms with Crippen molar-refractivity contribution >= 4 is 11.2 Å². The molecule has 8 heteroatoms. The molecule has 0 fully saturated rings. The lowest BCUT2D eigenvalue weighted by atomic mass is 10.1. The van der Waals surface area contributed by atoms with E-state index in [4.69, 9.17) is 9.47 Å². The van der Waals surface area contributed by atoms with Crippen LogP contribution in [-0.2, 0) is 6.54 Å². The number of aromatic nitrogens is 5. The molecule has 5 rings (SSSR count). The van der Waals surface area contributed by atoms with Gasteiger partial charge in [0.05, 0.1) is 26.0 Å². The predicted molar refractivity (Wildman–Crippen MR) is 126 cm³/mol. The average molecular weight is 444 g/mol. The Labute approximate surface area is 190 Å². The number of methoxy groups -OCH3 is 1. The summed E-state index contributed by atoms with van der Waals surface area (Å²) in [5, 5.41) is 9.27.